The molecule has 1 heterocycles. The monoisotopic (exact) mass is 194 g/mol. The Bertz CT molecular complexity index is 470. The second kappa shape index (κ2) is 2.85. The first-order chi connectivity index (χ1) is 6.18. The van der Waals surface area contributed by atoms with Crippen molar-refractivity contribution in [3.8, 4) is 5.75 Å². The number of halogens is 1. The van der Waals surface area contributed by atoms with E-state index in [9.17, 15) is 5.11 Å². The zero-order chi connectivity index (χ0) is 9.42. The van der Waals surface area contributed by atoms with Crippen molar-refractivity contribution in [1.29, 1.82) is 0 Å². The molecule has 66 valence electrons. The molecule has 0 spiro atoms. The van der Waals surface area contributed by atoms with E-state index < -0.39 is 0 Å². The van der Waals surface area contributed by atoms with Gasteiger partial charge in [-0.2, -0.15) is 0 Å². The van der Waals surface area contributed by atoms with Crippen LogP contribution < -0.4 is 9.79 Å². The lowest BCUT2D eigenvalue weighted by Crippen LogP contribution is -2.32. The van der Waals surface area contributed by atoms with Crippen LogP contribution in [0.15, 0.2) is 24.4 Å². The molecule has 0 N–H and O–H groups in total. The third-order valence-electron chi connectivity index (χ3n) is 1.81. The number of hydrogen-bond donors (Lipinski definition) is 0. The highest BCUT2D eigenvalue weighted by Gasteiger charge is 2.05. The Morgan fingerprint density at radius 1 is 1.46 bits per heavy atom. The van der Waals surface area contributed by atoms with Crippen molar-refractivity contribution in [2.45, 2.75) is 0 Å². The maximum Gasteiger partial charge on any atom is 0.188 e. The van der Waals surface area contributed by atoms with E-state index in [-0.39, 0.29) is 5.75 Å². The van der Waals surface area contributed by atoms with E-state index in [1.807, 2.05) is 0 Å². The minimum atomic E-state index is -0.0602. The zero-order valence-electron chi connectivity index (χ0n) is 6.99. The zero-order valence-corrected chi connectivity index (χ0v) is 7.75. The quantitative estimate of drug-likeness (QED) is 0.582. The summed E-state index contributed by atoms with van der Waals surface area (Å²) >= 11 is 5.89. The smallest absolute Gasteiger partial charge is 0.188 e. The maximum atomic E-state index is 11.4. The van der Waals surface area contributed by atoms with Crippen LogP contribution in [0.4, 0.5) is 0 Å². The fourth-order valence-corrected chi connectivity index (χ4v) is 1.45. The molecule has 0 amide bonds. The molecule has 0 saturated heterocycles. The van der Waals surface area contributed by atoms with Gasteiger partial charge in [-0.25, -0.2) is 0 Å². The van der Waals surface area contributed by atoms with Crippen LogP contribution in [-0.2, 0) is 7.05 Å². The molecule has 0 unspecified atom stereocenters. The van der Waals surface area contributed by atoms with E-state index in [0.29, 0.717) is 15.9 Å². The molecular weight excluding hydrogens is 188 g/mol. The van der Waals surface area contributed by atoms with Gasteiger partial charge in [0.05, 0.1) is 5.02 Å². The molecule has 0 fully saturated rings. The lowest BCUT2D eigenvalue weighted by Gasteiger charge is -2.06. The van der Waals surface area contributed by atoms with Gasteiger partial charge in [0, 0.05) is 10.5 Å². The fraction of sp³-hybridized carbons (Fsp3) is 0.111. The Morgan fingerprint density at radius 3 is 3.00 bits per heavy atom. The Kier molecular flexibility index (Phi) is 1.81. The van der Waals surface area contributed by atoms with Crippen LogP contribution in [0.3, 0.4) is 0 Å². The number of aromatic nitrogens is 2. The van der Waals surface area contributed by atoms with Crippen LogP contribution in [0.5, 0.6) is 5.75 Å². The van der Waals surface area contributed by atoms with Gasteiger partial charge in [0.1, 0.15) is 0 Å². The fourth-order valence-electron chi connectivity index (χ4n) is 1.24. The normalized spacial score (nSPS) is 10.6. The Labute approximate surface area is 80.2 Å². The third kappa shape index (κ3) is 1.31. The predicted molar refractivity (Wildman–Crippen MR) is 47.4 cm³/mol. The van der Waals surface area contributed by atoms with Crippen LogP contribution in [0, 0.1) is 0 Å². The summed E-state index contributed by atoms with van der Waals surface area (Å²) in [4.78, 5) is 0. The summed E-state index contributed by atoms with van der Waals surface area (Å²) in [6.07, 6.45) is 1.43. The average molecular weight is 195 g/mol. The molecule has 1 aromatic heterocycles. The first-order valence-corrected chi connectivity index (χ1v) is 4.18. The Hall–Kier alpha value is -1.35. The van der Waals surface area contributed by atoms with Crippen molar-refractivity contribution >= 4 is 22.5 Å². The molecule has 0 radical (unpaired) electrons. The van der Waals surface area contributed by atoms with Crippen LogP contribution in [-0.4, -0.2) is 5.10 Å². The molecule has 2 aromatic rings. The molecule has 0 saturated carbocycles. The van der Waals surface area contributed by atoms with E-state index in [1.165, 1.54) is 10.9 Å². The molecule has 1 aromatic carbocycles. The topological polar surface area (TPSA) is 39.8 Å². The maximum absolute atomic E-state index is 11.4. The van der Waals surface area contributed by atoms with Crippen molar-refractivity contribution in [3.63, 3.8) is 0 Å². The van der Waals surface area contributed by atoms with E-state index in [0.717, 1.165) is 0 Å². The van der Waals surface area contributed by atoms with Gasteiger partial charge < -0.3 is 5.11 Å². The molecule has 3 nitrogen and oxygen atoms in total. The van der Waals surface area contributed by atoms with Gasteiger partial charge in [0.25, 0.3) is 0 Å². The highest BCUT2D eigenvalue weighted by atomic mass is 35.5. The van der Waals surface area contributed by atoms with E-state index in [1.54, 1.807) is 25.2 Å². The number of hydrogen-bond acceptors (Lipinski definition) is 2. The largest absolute Gasteiger partial charge is 0.868 e. The molecule has 13 heavy (non-hydrogen) atoms. The summed E-state index contributed by atoms with van der Waals surface area (Å²) < 4.78 is 1.47. The van der Waals surface area contributed by atoms with Gasteiger partial charge in [-0.05, 0) is 11.8 Å². The summed E-state index contributed by atoms with van der Waals surface area (Å²) in [5.74, 6) is -0.0602. The Morgan fingerprint density at radius 2 is 2.23 bits per heavy atom. The number of aryl methyl sites for hydroxylation is 1. The standard InChI is InChI=1S/C9H7ClN2O/c1-12-5-8(13)6-3-2-4-7(10)9(6)11-12/h2-5H,1H3. The van der Waals surface area contributed by atoms with Gasteiger partial charge in [0.2, 0.25) is 0 Å². The minimum absolute atomic E-state index is 0.0602. The van der Waals surface area contributed by atoms with Crippen molar-refractivity contribution in [3.05, 3.63) is 29.4 Å². The molecule has 0 bridgehead atoms. The molecular formula is C9H7ClN2O. The third-order valence-corrected chi connectivity index (χ3v) is 2.12. The average Bonchev–Trinajstić information content (AvgIpc) is 2.07. The second-order valence-corrected chi connectivity index (χ2v) is 3.21. The summed E-state index contributed by atoms with van der Waals surface area (Å²) in [6.45, 7) is 0. The summed E-state index contributed by atoms with van der Waals surface area (Å²) in [5.41, 5.74) is 0.555. The highest BCUT2D eigenvalue weighted by Crippen LogP contribution is 2.24. The first kappa shape index (κ1) is 8.26. The lowest BCUT2D eigenvalue weighted by molar-refractivity contribution is -0.730. The molecule has 0 aliphatic carbocycles. The van der Waals surface area contributed by atoms with Crippen molar-refractivity contribution < 1.29 is 9.79 Å². The van der Waals surface area contributed by atoms with Crippen molar-refractivity contribution in [1.82, 2.24) is 5.10 Å². The van der Waals surface area contributed by atoms with E-state index in [4.69, 9.17) is 11.6 Å². The minimum Gasteiger partial charge on any atom is -0.868 e. The van der Waals surface area contributed by atoms with E-state index >= 15 is 0 Å². The number of benzene rings is 1. The summed E-state index contributed by atoms with van der Waals surface area (Å²) in [5, 5.41) is 16.6. The lowest BCUT2D eigenvalue weighted by atomic mass is 10.2. The van der Waals surface area contributed by atoms with Gasteiger partial charge in [-0.1, -0.05) is 28.4 Å². The van der Waals surface area contributed by atoms with Crippen molar-refractivity contribution in [2.24, 2.45) is 7.05 Å². The number of fused-ring (bicyclic) bond motifs is 1. The Balaban J connectivity index is 2.94. The SMILES string of the molecule is C[n+]1cc([O-])c2cccc(Cl)c2n1. The van der Waals surface area contributed by atoms with Gasteiger partial charge in [-0.15, -0.1) is 0 Å². The molecule has 0 aliphatic heterocycles. The molecule has 4 heteroatoms. The van der Waals surface area contributed by atoms with Crippen LogP contribution in [0.25, 0.3) is 10.9 Å². The first-order valence-electron chi connectivity index (χ1n) is 3.80. The summed E-state index contributed by atoms with van der Waals surface area (Å²) in [6, 6.07) is 5.18. The van der Waals surface area contributed by atoms with Gasteiger partial charge in [-0.3, -0.25) is 0 Å². The number of nitrogens with zero attached hydrogens (tertiary/aromatic N) is 2. The van der Waals surface area contributed by atoms with E-state index in [2.05, 4.69) is 5.10 Å². The highest BCUT2D eigenvalue weighted by molar-refractivity contribution is 6.35. The van der Waals surface area contributed by atoms with Crippen molar-refractivity contribution in [2.75, 3.05) is 0 Å². The molecule has 0 atom stereocenters. The molecule has 2 rings (SSSR count). The van der Waals surface area contributed by atoms with Gasteiger partial charge in [0.15, 0.2) is 18.8 Å². The van der Waals surface area contributed by atoms with Crippen LogP contribution in [0.1, 0.15) is 0 Å². The second-order valence-electron chi connectivity index (χ2n) is 2.80. The molecule has 0 aliphatic rings. The summed E-state index contributed by atoms with van der Waals surface area (Å²) in [7, 11) is 1.70. The van der Waals surface area contributed by atoms with Gasteiger partial charge >= 0.3 is 0 Å². The van der Waals surface area contributed by atoms with Crippen LogP contribution >= 0.6 is 11.6 Å². The predicted octanol–water partition coefficient (Wildman–Crippen LogP) is 0.786. The van der Waals surface area contributed by atoms with Crippen LogP contribution in [0.2, 0.25) is 5.02 Å². The number of rotatable bonds is 0.